The fourth-order valence-electron chi connectivity index (χ4n) is 2.72. The van der Waals surface area contributed by atoms with E-state index < -0.39 is 0 Å². The predicted octanol–water partition coefficient (Wildman–Crippen LogP) is 2.92. The molecule has 0 spiro atoms. The van der Waals surface area contributed by atoms with Gasteiger partial charge in [0.05, 0.1) is 5.54 Å². The first kappa shape index (κ1) is 13.2. The van der Waals surface area contributed by atoms with Gasteiger partial charge in [-0.2, -0.15) is 0 Å². The number of carbonyl (C=O) groups is 1. The fourth-order valence-corrected chi connectivity index (χ4v) is 2.72. The average molecular weight is 246 g/mol. The van der Waals surface area contributed by atoms with Crippen LogP contribution in [-0.4, -0.2) is 34.3 Å². The Bertz CT molecular complexity index is 398. The number of likely N-dealkylation sites (tertiary alicyclic amines) is 1. The third-order valence-electron chi connectivity index (χ3n) is 4.16. The van der Waals surface area contributed by atoms with Crippen LogP contribution in [0.1, 0.15) is 49.9 Å². The van der Waals surface area contributed by atoms with Gasteiger partial charge in [-0.15, -0.1) is 0 Å². The topological polar surface area (TPSA) is 33.2 Å². The molecule has 0 aliphatic carbocycles. The zero-order chi connectivity index (χ0) is 13.0. The van der Waals surface area contributed by atoms with Crippen LogP contribution in [0.5, 0.6) is 0 Å². The Morgan fingerprint density at radius 3 is 2.67 bits per heavy atom. The number of carbonyl (C=O) groups excluding carboxylic acids is 1. The van der Waals surface area contributed by atoms with Gasteiger partial charge in [-0.05, 0) is 51.4 Å². The van der Waals surface area contributed by atoms with Crippen molar-refractivity contribution in [3.8, 4) is 0 Å². The lowest BCUT2D eigenvalue weighted by molar-refractivity contribution is 0.0505. The Morgan fingerprint density at radius 1 is 1.39 bits per heavy atom. The lowest BCUT2D eigenvalue weighted by Gasteiger charge is -2.41. The molecule has 2 rings (SSSR count). The van der Waals surface area contributed by atoms with Gasteiger partial charge in [0.15, 0.2) is 5.78 Å². The molecule has 1 saturated heterocycles. The van der Waals surface area contributed by atoms with Crippen molar-refractivity contribution in [1.29, 1.82) is 0 Å². The van der Waals surface area contributed by atoms with E-state index in [-0.39, 0.29) is 11.3 Å². The standard InChI is InChI=1S/C15H22N2O/c1-3-15(2,17-10-5-4-6-11-17)14(18)13-8-7-9-16-12-13/h7-9,12H,3-6,10-11H2,1-2H3. The van der Waals surface area contributed by atoms with E-state index in [0.717, 1.165) is 25.1 Å². The Labute approximate surface area is 109 Å². The lowest BCUT2D eigenvalue weighted by Crippen LogP contribution is -2.53. The summed E-state index contributed by atoms with van der Waals surface area (Å²) in [7, 11) is 0. The number of rotatable bonds is 4. The highest BCUT2D eigenvalue weighted by molar-refractivity contribution is 6.02. The summed E-state index contributed by atoms with van der Waals surface area (Å²) >= 11 is 0. The molecule has 0 radical (unpaired) electrons. The van der Waals surface area contributed by atoms with Crippen LogP contribution in [0.4, 0.5) is 0 Å². The minimum atomic E-state index is -0.372. The highest BCUT2D eigenvalue weighted by Gasteiger charge is 2.38. The molecule has 1 aromatic rings. The Morgan fingerprint density at radius 2 is 2.11 bits per heavy atom. The molecular formula is C15H22N2O. The fraction of sp³-hybridized carbons (Fsp3) is 0.600. The third-order valence-corrected chi connectivity index (χ3v) is 4.16. The Balaban J connectivity index is 2.23. The van der Waals surface area contributed by atoms with Crippen LogP contribution < -0.4 is 0 Å². The Hall–Kier alpha value is -1.22. The molecule has 1 unspecified atom stereocenters. The van der Waals surface area contributed by atoms with E-state index in [9.17, 15) is 4.79 Å². The van der Waals surface area contributed by atoms with Crippen LogP contribution in [0.15, 0.2) is 24.5 Å². The molecule has 1 aliphatic rings. The molecule has 0 amide bonds. The molecule has 1 fully saturated rings. The van der Waals surface area contributed by atoms with Crippen molar-refractivity contribution in [1.82, 2.24) is 9.88 Å². The Kier molecular flexibility index (Phi) is 4.12. The van der Waals surface area contributed by atoms with Gasteiger partial charge in [0.25, 0.3) is 0 Å². The average Bonchev–Trinajstić information content (AvgIpc) is 2.47. The lowest BCUT2D eigenvalue weighted by atomic mass is 9.86. The second-order valence-corrected chi connectivity index (χ2v) is 5.25. The summed E-state index contributed by atoms with van der Waals surface area (Å²) in [6.45, 7) is 6.25. The summed E-state index contributed by atoms with van der Waals surface area (Å²) in [5.41, 5.74) is 0.358. The molecular weight excluding hydrogens is 224 g/mol. The van der Waals surface area contributed by atoms with E-state index in [4.69, 9.17) is 0 Å². The number of hydrogen-bond acceptors (Lipinski definition) is 3. The van der Waals surface area contributed by atoms with E-state index >= 15 is 0 Å². The van der Waals surface area contributed by atoms with Gasteiger partial charge in [0.1, 0.15) is 0 Å². The zero-order valence-electron chi connectivity index (χ0n) is 11.4. The van der Waals surface area contributed by atoms with Crippen LogP contribution in [0.25, 0.3) is 0 Å². The molecule has 3 nitrogen and oxygen atoms in total. The SMILES string of the molecule is CCC(C)(C(=O)c1cccnc1)N1CCCCC1. The second-order valence-electron chi connectivity index (χ2n) is 5.25. The molecule has 18 heavy (non-hydrogen) atoms. The highest BCUT2D eigenvalue weighted by Crippen LogP contribution is 2.27. The summed E-state index contributed by atoms with van der Waals surface area (Å²) in [6.07, 6.45) is 7.94. The summed E-state index contributed by atoms with van der Waals surface area (Å²) in [5, 5.41) is 0. The van der Waals surface area contributed by atoms with Crippen molar-refractivity contribution in [3.63, 3.8) is 0 Å². The minimum Gasteiger partial charge on any atom is -0.292 e. The van der Waals surface area contributed by atoms with Crippen LogP contribution in [-0.2, 0) is 0 Å². The molecule has 3 heteroatoms. The van der Waals surface area contributed by atoms with Gasteiger partial charge in [0, 0.05) is 18.0 Å². The first-order chi connectivity index (χ1) is 8.68. The third kappa shape index (κ3) is 2.46. The number of Topliss-reactive ketones (excluding diaryl/α,β-unsaturated/α-hetero) is 1. The molecule has 0 N–H and O–H groups in total. The quantitative estimate of drug-likeness (QED) is 0.766. The maximum atomic E-state index is 12.7. The molecule has 98 valence electrons. The summed E-state index contributed by atoms with van der Waals surface area (Å²) < 4.78 is 0. The van der Waals surface area contributed by atoms with E-state index in [1.54, 1.807) is 12.4 Å². The van der Waals surface area contributed by atoms with Crippen molar-refractivity contribution in [2.75, 3.05) is 13.1 Å². The highest BCUT2D eigenvalue weighted by atomic mass is 16.1. The number of piperidine rings is 1. The molecule has 0 bridgehead atoms. The first-order valence-corrected chi connectivity index (χ1v) is 6.88. The van der Waals surface area contributed by atoms with Crippen molar-refractivity contribution < 1.29 is 4.79 Å². The number of pyridine rings is 1. The predicted molar refractivity (Wildman–Crippen MR) is 72.7 cm³/mol. The van der Waals surface area contributed by atoms with Gasteiger partial charge in [0.2, 0.25) is 0 Å². The van der Waals surface area contributed by atoms with Crippen LogP contribution >= 0.6 is 0 Å². The van der Waals surface area contributed by atoms with Crippen molar-refractivity contribution in [3.05, 3.63) is 30.1 Å². The number of hydrogen-bond donors (Lipinski definition) is 0. The van der Waals surface area contributed by atoms with Crippen molar-refractivity contribution in [2.24, 2.45) is 0 Å². The minimum absolute atomic E-state index is 0.208. The number of aromatic nitrogens is 1. The number of ketones is 1. The normalized spacial score (nSPS) is 20.3. The number of nitrogens with zero attached hydrogens (tertiary/aromatic N) is 2. The molecule has 1 aliphatic heterocycles. The maximum Gasteiger partial charge on any atom is 0.184 e. The van der Waals surface area contributed by atoms with E-state index in [2.05, 4.69) is 23.7 Å². The van der Waals surface area contributed by atoms with E-state index in [1.807, 2.05) is 12.1 Å². The molecule has 0 aromatic carbocycles. The van der Waals surface area contributed by atoms with E-state index in [1.165, 1.54) is 19.3 Å². The van der Waals surface area contributed by atoms with Crippen molar-refractivity contribution in [2.45, 2.75) is 45.1 Å². The van der Waals surface area contributed by atoms with Gasteiger partial charge < -0.3 is 0 Å². The maximum absolute atomic E-state index is 12.7. The largest absolute Gasteiger partial charge is 0.292 e. The summed E-state index contributed by atoms with van der Waals surface area (Å²) in [5.74, 6) is 0.208. The second kappa shape index (κ2) is 5.61. The molecule has 2 heterocycles. The summed E-state index contributed by atoms with van der Waals surface area (Å²) in [6, 6.07) is 3.70. The smallest absolute Gasteiger partial charge is 0.184 e. The van der Waals surface area contributed by atoms with Crippen molar-refractivity contribution >= 4 is 5.78 Å². The first-order valence-electron chi connectivity index (χ1n) is 6.88. The zero-order valence-corrected chi connectivity index (χ0v) is 11.4. The molecule has 0 saturated carbocycles. The van der Waals surface area contributed by atoms with Gasteiger partial charge in [-0.1, -0.05) is 13.3 Å². The van der Waals surface area contributed by atoms with Crippen LogP contribution in [0.2, 0.25) is 0 Å². The van der Waals surface area contributed by atoms with Gasteiger partial charge in [-0.3, -0.25) is 14.7 Å². The molecule has 1 atom stereocenters. The van der Waals surface area contributed by atoms with Crippen LogP contribution in [0, 0.1) is 0 Å². The van der Waals surface area contributed by atoms with Gasteiger partial charge in [-0.25, -0.2) is 0 Å². The molecule has 1 aromatic heterocycles. The summed E-state index contributed by atoms with van der Waals surface area (Å²) in [4.78, 5) is 19.1. The monoisotopic (exact) mass is 246 g/mol. The van der Waals surface area contributed by atoms with E-state index in [0.29, 0.717) is 0 Å². The van der Waals surface area contributed by atoms with Crippen LogP contribution in [0.3, 0.4) is 0 Å². The van der Waals surface area contributed by atoms with Gasteiger partial charge >= 0.3 is 0 Å².